The molecule has 0 bridgehead atoms. The minimum absolute atomic E-state index is 0.00611. The number of rotatable bonds is 10. The maximum absolute atomic E-state index is 14.0. The molecule has 2 N–H and O–H groups in total. The number of hydrogen-bond donors (Lipinski definition) is 2. The van der Waals surface area contributed by atoms with Crippen LogP contribution in [-0.4, -0.2) is 69.1 Å². The van der Waals surface area contributed by atoms with Gasteiger partial charge < -0.3 is 10.6 Å². The highest BCUT2D eigenvalue weighted by Crippen LogP contribution is 2.37. The van der Waals surface area contributed by atoms with Crippen LogP contribution in [0, 0.1) is 0 Å². The Hall–Kier alpha value is -3.87. The number of alkyl halides is 5. The molecule has 5 rings (SSSR count). The fourth-order valence-corrected chi connectivity index (χ4v) is 5.41. The van der Waals surface area contributed by atoms with Crippen LogP contribution in [0.4, 0.5) is 22.0 Å². The number of halogens is 5. The van der Waals surface area contributed by atoms with E-state index in [4.69, 9.17) is 0 Å². The molecule has 2 fully saturated rings. The number of nitrogens with zero attached hydrogens (tertiary/aromatic N) is 4. The van der Waals surface area contributed by atoms with Crippen molar-refractivity contribution in [1.29, 1.82) is 0 Å². The van der Waals surface area contributed by atoms with Gasteiger partial charge in [-0.3, -0.25) is 14.5 Å². The van der Waals surface area contributed by atoms with E-state index in [9.17, 15) is 31.5 Å². The lowest BCUT2D eigenvalue weighted by atomic mass is 9.93. The summed E-state index contributed by atoms with van der Waals surface area (Å²) in [4.78, 5) is 32.1. The molecule has 2 amide bonds. The van der Waals surface area contributed by atoms with Gasteiger partial charge in [0.15, 0.2) is 11.5 Å². The van der Waals surface area contributed by atoms with E-state index in [2.05, 4.69) is 20.7 Å². The first kappa shape index (κ1) is 30.6. The third kappa shape index (κ3) is 7.75. The number of nitrogens with one attached hydrogen (secondary N) is 2. The molecule has 1 atom stereocenters. The Morgan fingerprint density at radius 3 is 2.51 bits per heavy atom. The molecule has 0 radical (unpaired) electrons. The summed E-state index contributed by atoms with van der Waals surface area (Å²) in [6, 6.07) is 10.4. The van der Waals surface area contributed by atoms with E-state index in [-0.39, 0.29) is 60.5 Å². The molecule has 230 valence electrons. The van der Waals surface area contributed by atoms with E-state index in [1.54, 1.807) is 23.1 Å². The van der Waals surface area contributed by atoms with E-state index in [1.165, 1.54) is 35.1 Å². The van der Waals surface area contributed by atoms with Crippen molar-refractivity contribution < 1.29 is 31.5 Å². The maximum Gasteiger partial charge on any atom is 0.417 e. The van der Waals surface area contributed by atoms with Crippen molar-refractivity contribution >= 4 is 11.8 Å². The van der Waals surface area contributed by atoms with Crippen molar-refractivity contribution in [2.24, 2.45) is 0 Å². The highest BCUT2D eigenvalue weighted by atomic mass is 19.4. The Morgan fingerprint density at radius 1 is 1.07 bits per heavy atom. The van der Waals surface area contributed by atoms with E-state index in [0.29, 0.717) is 13.0 Å². The number of aromatic nitrogens is 3. The number of carbonyl (C=O) groups is 2. The smallest absolute Gasteiger partial charge is 0.353 e. The summed E-state index contributed by atoms with van der Waals surface area (Å²) in [5.74, 6) is -3.56. The molecule has 1 aliphatic carbocycles. The van der Waals surface area contributed by atoms with Crippen LogP contribution >= 0.6 is 0 Å². The van der Waals surface area contributed by atoms with Gasteiger partial charge in [-0.2, -0.15) is 18.3 Å². The number of pyridine rings is 1. The number of carbonyl (C=O) groups excluding carboxylic acids is 2. The largest absolute Gasteiger partial charge is 0.417 e. The van der Waals surface area contributed by atoms with E-state index in [1.807, 2.05) is 0 Å². The van der Waals surface area contributed by atoms with Crippen LogP contribution in [0.2, 0.25) is 0 Å². The number of benzene rings is 1. The molecule has 1 aromatic carbocycles. The van der Waals surface area contributed by atoms with Gasteiger partial charge in [-0.1, -0.05) is 24.3 Å². The van der Waals surface area contributed by atoms with E-state index < -0.39 is 36.2 Å². The summed E-state index contributed by atoms with van der Waals surface area (Å²) in [7, 11) is 0. The molecule has 13 heteroatoms. The van der Waals surface area contributed by atoms with Crippen molar-refractivity contribution in [2.45, 2.75) is 69.1 Å². The normalized spacial score (nSPS) is 18.1. The first-order valence-electron chi connectivity index (χ1n) is 14.4. The molecular weight excluding hydrogens is 571 g/mol. The van der Waals surface area contributed by atoms with Crippen LogP contribution in [0.25, 0.3) is 17.1 Å². The molecule has 1 saturated carbocycles. The third-order valence-corrected chi connectivity index (χ3v) is 7.82. The molecule has 0 spiro atoms. The summed E-state index contributed by atoms with van der Waals surface area (Å²) in [5, 5.41) is 10.0. The SMILES string of the molecule is O=C(C[C@H](CCN1CCCC(F)(F)C1)NC(=O)c1cc(-c2ccccc2C(F)(F)F)n(-c2ccccn2)n1)NC1CCC1. The molecule has 43 heavy (non-hydrogen) atoms. The molecular formula is C30H33F5N6O2. The summed E-state index contributed by atoms with van der Waals surface area (Å²) in [5.41, 5.74) is -1.25. The molecule has 1 aliphatic heterocycles. The second-order valence-corrected chi connectivity index (χ2v) is 11.2. The van der Waals surface area contributed by atoms with Crippen LogP contribution in [0.15, 0.2) is 54.7 Å². The lowest BCUT2D eigenvalue weighted by Gasteiger charge is -2.33. The predicted molar refractivity (Wildman–Crippen MR) is 149 cm³/mol. The van der Waals surface area contributed by atoms with Gasteiger partial charge in [-0.25, -0.2) is 18.4 Å². The summed E-state index contributed by atoms with van der Waals surface area (Å²) in [6.45, 7) is 0.337. The Morgan fingerprint density at radius 2 is 1.84 bits per heavy atom. The zero-order valence-corrected chi connectivity index (χ0v) is 23.4. The second-order valence-electron chi connectivity index (χ2n) is 11.2. The zero-order valence-electron chi connectivity index (χ0n) is 23.4. The van der Waals surface area contributed by atoms with Gasteiger partial charge in [-0.15, -0.1) is 0 Å². The molecule has 2 aromatic heterocycles. The van der Waals surface area contributed by atoms with Gasteiger partial charge in [-0.05, 0) is 62.9 Å². The van der Waals surface area contributed by atoms with Crippen LogP contribution < -0.4 is 10.6 Å². The Bertz CT molecular complexity index is 1420. The topological polar surface area (TPSA) is 92.2 Å². The molecule has 3 aromatic rings. The molecule has 0 unspecified atom stereocenters. The maximum atomic E-state index is 14.0. The molecule has 1 saturated heterocycles. The Labute approximate surface area is 245 Å². The summed E-state index contributed by atoms with van der Waals surface area (Å²) >= 11 is 0. The van der Waals surface area contributed by atoms with Crippen molar-refractivity contribution in [3.8, 4) is 17.1 Å². The van der Waals surface area contributed by atoms with Gasteiger partial charge in [0.05, 0.1) is 17.8 Å². The predicted octanol–water partition coefficient (Wildman–Crippen LogP) is 5.23. The van der Waals surface area contributed by atoms with Crippen LogP contribution in [0.5, 0.6) is 0 Å². The summed E-state index contributed by atoms with van der Waals surface area (Å²) < 4.78 is 70.9. The average molecular weight is 605 g/mol. The van der Waals surface area contributed by atoms with E-state index in [0.717, 1.165) is 25.3 Å². The van der Waals surface area contributed by atoms with Crippen molar-refractivity contribution in [1.82, 2.24) is 30.3 Å². The van der Waals surface area contributed by atoms with Crippen molar-refractivity contribution in [3.05, 3.63) is 66.0 Å². The van der Waals surface area contributed by atoms with Crippen molar-refractivity contribution in [2.75, 3.05) is 19.6 Å². The highest BCUT2D eigenvalue weighted by molar-refractivity contribution is 5.94. The number of hydrogen-bond acceptors (Lipinski definition) is 5. The Balaban J connectivity index is 1.40. The molecule has 3 heterocycles. The minimum atomic E-state index is -4.66. The van der Waals surface area contributed by atoms with Gasteiger partial charge in [0, 0.05) is 43.2 Å². The van der Waals surface area contributed by atoms with E-state index >= 15 is 0 Å². The minimum Gasteiger partial charge on any atom is -0.353 e. The van der Waals surface area contributed by atoms with Gasteiger partial charge >= 0.3 is 6.18 Å². The van der Waals surface area contributed by atoms with Crippen LogP contribution in [0.1, 0.15) is 61.0 Å². The monoisotopic (exact) mass is 604 g/mol. The fourth-order valence-electron chi connectivity index (χ4n) is 5.41. The van der Waals surface area contributed by atoms with Gasteiger partial charge in [0.2, 0.25) is 5.91 Å². The molecule has 2 aliphatic rings. The number of amides is 2. The second kappa shape index (κ2) is 12.8. The lowest BCUT2D eigenvalue weighted by molar-refractivity contribution is -0.137. The fraction of sp³-hybridized carbons (Fsp3) is 0.467. The standard InChI is InChI=1S/C30H33F5N6O2/c31-29(32)13-6-15-40(19-29)16-12-21(17-27(42)37-20-7-5-8-20)38-28(43)24-18-25(41(39-24)26-11-3-4-14-36-26)22-9-1-2-10-23(22)30(33,34)35/h1-4,9-11,14,18,20-21H,5-8,12-13,15-17,19H2,(H,37,42)(H,38,43)/t21-/m0/s1. The van der Waals surface area contributed by atoms with Crippen molar-refractivity contribution in [3.63, 3.8) is 0 Å². The first-order chi connectivity index (χ1) is 20.5. The summed E-state index contributed by atoms with van der Waals surface area (Å²) in [6.07, 6.45) is -0.114. The third-order valence-electron chi connectivity index (χ3n) is 7.82. The van der Waals surface area contributed by atoms with Crippen LogP contribution in [0.3, 0.4) is 0 Å². The lowest BCUT2D eigenvalue weighted by Crippen LogP contribution is -2.47. The average Bonchev–Trinajstić information content (AvgIpc) is 3.39. The quantitative estimate of drug-likeness (QED) is 0.309. The van der Waals surface area contributed by atoms with Crippen LogP contribution in [-0.2, 0) is 11.0 Å². The molecule has 8 nitrogen and oxygen atoms in total. The Kier molecular flexibility index (Phi) is 9.09. The number of likely N-dealkylation sites (tertiary alicyclic amines) is 1. The highest BCUT2D eigenvalue weighted by Gasteiger charge is 2.36. The van der Waals surface area contributed by atoms with Gasteiger partial charge in [0.1, 0.15) is 0 Å². The number of piperidine rings is 1. The zero-order chi connectivity index (χ0) is 30.6. The van der Waals surface area contributed by atoms with Gasteiger partial charge in [0.25, 0.3) is 11.8 Å². The first-order valence-corrected chi connectivity index (χ1v) is 14.4.